The van der Waals surface area contributed by atoms with Crippen molar-refractivity contribution >= 4 is 21.8 Å². The zero-order valence-electron chi connectivity index (χ0n) is 21.5. The van der Waals surface area contributed by atoms with Crippen LogP contribution in [0, 0.1) is 11.8 Å². The van der Waals surface area contributed by atoms with Crippen molar-refractivity contribution in [2.24, 2.45) is 11.8 Å². The van der Waals surface area contributed by atoms with Crippen molar-refractivity contribution in [3.8, 4) is 11.4 Å². The van der Waals surface area contributed by atoms with Crippen LogP contribution in [0.1, 0.15) is 49.6 Å². The van der Waals surface area contributed by atoms with Crippen molar-refractivity contribution in [1.82, 2.24) is 25.3 Å². The Morgan fingerprint density at radius 3 is 2.59 bits per heavy atom. The number of halogens is 1. The van der Waals surface area contributed by atoms with E-state index in [1.165, 1.54) is 37.1 Å². The SMILES string of the molecule is CC1CCCN(Cc2cccc(CNC(=O)C3CCN(Cc4nc(-c5ccc(Br)cc5)no4)CC3)c2)C1. The number of carbonyl (C=O) groups is 1. The van der Waals surface area contributed by atoms with E-state index in [1.807, 2.05) is 24.3 Å². The minimum absolute atomic E-state index is 0.0512. The number of aromatic nitrogens is 2. The summed E-state index contributed by atoms with van der Waals surface area (Å²) < 4.78 is 6.50. The van der Waals surface area contributed by atoms with Crippen LogP contribution in [-0.4, -0.2) is 52.0 Å². The highest BCUT2D eigenvalue weighted by Crippen LogP contribution is 2.22. The van der Waals surface area contributed by atoms with Crippen LogP contribution in [-0.2, 0) is 24.4 Å². The summed E-state index contributed by atoms with van der Waals surface area (Å²) >= 11 is 3.45. The minimum atomic E-state index is 0.0512. The molecule has 1 atom stereocenters. The number of hydrogen-bond acceptors (Lipinski definition) is 6. The highest BCUT2D eigenvalue weighted by atomic mass is 79.9. The molecule has 196 valence electrons. The molecule has 3 heterocycles. The van der Waals surface area contributed by atoms with Crippen LogP contribution in [0.15, 0.2) is 57.5 Å². The topological polar surface area (TPSA) is 74.5 Å². The van der Waals surface area contributed by atoms with E-state index in [-0.39, 0.29) is 11.8 Å². The molecule has 1 aromatic heterocycles. The summed E-state index contributed by atoms with van der Waals surface area (Å²) in [6.45, 7) is 8.59. The smallest absolute Gasteiger partial charge is 0.241 e. The molecule has 0 radical (unpaired) electrons. The quantitative estimate of drug-likeness (QED) is 0.401. The Bertz CT molecular complexity index is 1170. The van der Waals surface area contributed by atoms with E-state index in [0.717, 1.165) is 48.4 Å². The molecule has 5 rings (SSSR count). The van der Waals surface area contributed by atoms with Crippen molar-refractivity contribution in [3.05, 3.63) is 70.0 Å². The second-order valence-corrected chi connectivity index (χ2v) is 11.5. The maximum Gasteiger partial charge on any atom is 0.241 e. The third-order valence-electron chi connectivity index (χ3n) is 7.49. The van der Waals surface area contributed by atoms with Crippen LogP contribution in [0.2, 0.25) is 0 Å². The molecular weight excluding hydrogens is 530 g/mol. The summed E-state index contributed by atoms with van der Waals surface area (Å²) in [5, 5.41) is 7.31. The lowest BCUT2D eigenvalue weighted by molar-refractivity contribution is -0.126. The minimum Gasteiger partial charge on any atom is -0.352 e. The fourth-order valence-corrected chi connectivity index (χ4v) is 5.70. The van der Waals surface area contributed by atoms with Crippen molar-refractivity contribution < 1.29 is 9.32 Å². The summed E-state index contributed by atoms with van der Waals surface area (Å²) in [5.74, 6) is 2.20. The highest BCUT2D eigenvalue weighted by molar-refractivity contribution is 9.10. The van der Waals surface area contributed by atoms with Gasteiger partial charge in [-0.2, -0.15) is 4.98 Å². The molecule has 2 aliphatic rings. The molecular formula is C29H36BrN5O2. The zero-order chi connectivity index (χ0) is 25.6. The summed E-state index contributed by atoms with van der Waals surface area (Å²) in [6.07, 6.45) is 4.31. The van der Waals surface area contributed by atoms with Gasteiger partial charge in [0.15, 0.2) is 0 Å². The molecule has 2 fully saturated rings. The van der Waals surface area contributed by atoms with Crippen LogP contribution in [0.4, 0.5) is 0 Å². The Kier molecular flexibility index (Phi) is 8.69. The Morgan fingerprint density at radius 1 is 1.03 bits per heavy atom. The van der Waals surface area contributed by atoms with Gasteiger partial charge in [0, 0.05) is 35.6 Å². The monoisotopic (exact) mass is 565 g/mol. The number of benzene rings is 2. The number of piperidine rings is 2. The van der Waals surface area contributed by atoms with E-state index in [9.17, 15) is 4.79 Å². The van der Waals surface area contributed by atoms with Crippen molar-refractivity contribution in [1.29, 1.82) is 0 Å². The number of nitrogens with one attached hydrogen (secondary N) is 1. The normalized spacial score (nSPS) is 19.7. The highest BCUT2D eigenvalue weighted by Gasteiger charge is 2.26. The molecule has 0 spiro atoms. The fourth-order valence-electron chi connectivity index (χ4n) is 5.44. The molecule has 7 nitrogen and oxygen atoms in total. The van der Waals surface area contributed by atoms with E-state index in [2.05, 4.69) is 72.4 Å². The molecule has 0 bridgehead atoms. The molecule has 1 amide bonds. The van der Waals surface area contributed by atoms with E-state index < -0.39 is 0 Å². The van der Waals surface area contributed by atoms with E-state index in [1.54, 1.807) is 0 Å². The molecule has 2 aromatic carbocycles. The first-order valence-electron chi connectivity index (χ1n) is 13.4. The van der Waals surface area contributed by atoms with Gasteiger partial charge in [-0.1, -0.05) is 52.3 Å². The Hall–Kier alpha value is -2.55. The van der Waals surface area contributed by atoms with Crippen molar-refractivity contribution in [2.45, 2.75) is 52.2 Å². The maximum atomic E-state index is 12.9. The Balaban J connectivity index is 1.06. The van der Waals surface area contributed by atoms with Crippen LogP contribution >= 0.6 is 15.9 Å². The number of likely N-dealkylation sites (tertiary alicyclic amines) is 2. The van der Waals surface area contributed by atoms with Gasteiger partial charge in [-0.05, 0) is 86.6 Å². The van der Waals surface area contributed by atoms with Crippen LogP contribution in [0.3, 0.4) is 0 Å². The predicted octanol–water partition coefficient (Wildman–Crippen LogP) is 5.26. The van der Waals surface area contributed by atoms with E-state index in [4.69, 9.17) is 4.52 Å². The fraction of sp³-hybridized carbons (Fsp3) is 0.483. The molecule has 1 N–H and O–H groups in total. The average Bonchev–Trinajstić information content (AvgIpc) is 3.37. The van der Waals surface area contributed by atoms with Gasteiger partial charge in [-0.15, -0.1) is 0 Å². The second kappa shape index (κ2) is 12.3. The summed E-state index contributed by atoms with van der Waals surface area (Å²) in [4.78, 5) is 22.3. The molecule has 1 unspecified atom stereocenters. The molecule has 0 aliphatic carbocycles. The summed E-state index contributed by atoms with van der Waals surface area (Å²) in [5.41, 5.74) is 3.44. The summed E-state index contributed by atoms with van der Waals surface area (Å²) in [6, 6.07) is 16.5. The van der Waals surface area contributed by atoms with Gasteiger partial charge in [0.1, 0.15) is 0 Å². The second-order valence-electron chi connectivity index (χ2n) is 10.6. The first-order valence-corrected chi connectivity index (χ1v) is 14.2. The molecule has 0 saturated carbocycles. The number of nitrogens with zero attached hydrogens (tertiary/aromatic N) is 4. The van der Waals surface area contributed by atoms with E-state index >= 15 is 0 Å². The van der Waals surface area contributed by atoms with Crippen LogP contribution < -0.4 is 5.32 Å². The molecule has 37 heavy (non-hydrogen) atoms. The molecule has 3 aromatic rings. The van der Waals surface area contributed by atoms with Gasteiger partial charge in [0.2, 0.25) is 17.6 Å². The number of amides is 1. The number of hydrogen-bond donors (Lipinski definition) is 1. The van der Waals surface area contributed by atoms with Crippen LogP contribution in [0.5, 0.6) is 0 Å². The molecule has 2 aliphatic heterocycles. The lowest BCUT2D eigenvalue weighted by Crippen LogP contribution is -2.40. The van der Waals surface area contributed by atoms with Gasteiger partial charge in [-0.25, -0.2) is 0 Å². The average molecular weight is 567 g/mol. The number of rotatable bonds is 8. The third-order valence-corrected chi connectivity index (χ3v) is 8.02. The van der Waals surface area contributed by atoms with Gasteiger partial charge in [0.05, 0.1) is 6.54 Å². The molecule has 2 saturated heterocycles. The van der Waals surface area contributed by atoms with Crippen molar-refractivity contribution in [2.75, 3.05) is 26.2 Å². The largest absolute Gasteiger partial charge is 0.352 e. The van der Waals surface area contributed by atoms with Gasteiger partial charge >= 0.3 is 0 Å². The number of carbonyl (C=O) groups excluding carboxylic acids is 1. The first-order chi connectivity index (χ1) is 18.0. The maximum absolute atomic E-state index is 12.9. The van der Waals surface area contributed by atoms with Crippen molar-refractivity contribution in [3.63, 3.8) is 0 Å². The zero-order valence-corrected chi connectivity index (χ0v) is 23.1. The Labute approximate surface area is 227 Å². The van der Waals surface area contributed by atoms with E-state index in [0.29, 0.717) is 24.8 Å². The van der Waals surface area contributed by atoms with Gasteiger partial charge < -0.3 is 9.84 Å². The Morgan fingerprint density at radius 2 is 1.81 bits per heavy atom. The standard InChI is InChI=1S/C29H36BrN5O2/c1-21-4-3-13-35(18-21)19-23-6-2-5-22(16-23)17-31-29(36)25-11-14-34(15-12-25)20-27-32-28(33-37-27)24-7-9-26(30)10-8-24/h2,5-10,16,21,25H,3-4,11-15,17-20H2,1H3,(H,31,36). The predicted molar refractivity (Wildman–Crippen MR) is 147 cm³/mol. The van der Waals surface area contributed by atoms with Gasteiger partial charge in [0.25, 0.3) is 0 Å². The van der Waals surface area contributed by atoms with Crippen LogP contribution in [0.25, 0.3) is 11.4 Å². The van der Waals surface area contributed by atoms with Gasteiger partial charge in [-0.3, -0.25) is 14.6 Å². The summed E-state index contributed by atoms with van der Waals surface area (Å²) in [7, 11) is 0. The third kappa shape index (κ3) is 7.27. The lowest BCUT2D eigenvalue weighted by atomic mass is 9.95. The lowest BCUT2D eigenvalue weighted by Gasteiger charge is -2.31. The molecule has 8 heteroatoms. The first kappa shape index (κ1) is 26.1.